The van der Waals surface area contributed by atoms with Crippen LogP contribution in [0.25, 0.3) is 0 Å². The summed E-state index contributed by atoms with van der Waals surface area (Å²) in [6.07, 6.45) is 3.02. The zero-order chi connectivity index (χ0) is 15.8. The summed E-state index contributed by atoms with van der Waals surface area (Å²) >= 11 is 0. The van der Waals surface area contributed by atoms with Crippen LogP contribution in [-0.4, -0.2) is 34.5 Å². The number of anilines is 1. The summed E-state index contributed by atoms with van der Waals surface area (Å²) in [7, 11) is -2.13. The third-order valence-electron chi connectivity index (χ3n) is 4.79. The number of piperidine rings is 1. The number of amides is 1. The molecule has 22 heavy (non-hydrogen) atoms. The van der Waals surface area contributed by atoms with E-state index in [4.69, 9.17) is 0 Å². The minimum absolute atomic E-state index is 0.000839. The molecule has 0 radical (unpaired) electrons. The molecule has 0 bridgehead atoms. The van der Waals surface area contributed by atoms with Crippen molar-refractivity contribution in [3.63, 3.8) is 0 Å². The number of hydrogen-bond donors (Lipinski definition) is 3. The van der Waals surface area contributed by atoms with Gasteiger partial charge in [-0.3, -0.25) is 4.79 Å². The van der Waals surface area contributed by atoms with Gasteiger partial charge in [0.2, 0.25) is 15.9 Å². The van der Waals surface area contributed by atoms with Gasteiger partial charge >= 0.3 is 0 Å². The van der Waals surface area contributed by atoms with Gasteiger partial charge in [-0.25, -0.2) is 13.1 Å². The lowest BCUT2D eigenvalue weighted by Gasteiger charge is -2.23. The second-order valence-electron chi connectivity index (χ2n) is 6.09. The van der Waals surface area contributed by atoms with E-state index in [9.17, 15) is 13.2 Å². The third kappa shape index (κ3) is 2.88. The van der Waals surface area contributed by atoms with E-state index in [1.807, 2.05) is 0 Å². The predicted octanol–water partition coefficient (Wildman–Crippen LogP) is 0.923. The summed E-state index contributed by atoms with van der Waals surface area (Å²) < 4.78 is 25.9. The first-order chi connectivity index (χ1) is 10.5. The van der Waals surface area contributed by atoms with Crippen molar-refractivity contribution in [3.05, 3.63) is 24.3 Å². The Morgan fingerprint density at radius 1 is 1.32 bits per heavy atom. The van der Waals surface area contributed by atoms with E-state index in [2.05, 4.69) is 15.4 Å². The molecule has 3 rings (SSSR count). The van der Waals surface area contributed by atoms with Crippen molar-refractivity contribution in [1.82, 2.24) is 10.0 Å². The summed E-state index contributed by atoms with van der Waals surface area (Å²) in [6, 6.07) is 6.34. The van der Waals surface area contributed by atoms with Gasteiger partial charge in [0.25, 0.3) is 0 Å². The van der Waals surface area contributed by atoms with Gasteiger partial charge in [-0.05, 0) is 63.0 Å². The van der Waals surface area contributed by atoms with Crippen LogP contribution in [0.5, 0.6) is 0 Å². The zero-order valence-corrected chi connectivity index (χ0v) is 13.4. The highest BCUT2D eigenvalue weighted by molar-refractivity contribution is 7.89. The lowest BCUT2D eigenvalue weighted by atomic mass is 9.92. The molecule has 1 saturated carbocycles. The van der Waals surface area contributed by atoms with Crippen LogP contribution in [0.15, 0.2) is 29.2 Å². The van der Waals surface area contributed by atoms with E-state index in [1.165, 1.54) is 19.2 Å². The van der Waals surface area contributed by atoms with Crippen LogP contribution >= 0.6 is 0 Å². The summed E-state index contributed by atoms with van der Waals surface area (Å²) in [5, 5.41) is 6.18. The Kier molecular flexibility index (Phi) is 3.96. The van der Waals surface area contributed by atoms with E-state index in [-0.39, 0.29) is 22.1 Å². The lowest BCUT2D eigenvalue weighted by molar-refractivity contribution is -0.118. The van der Waals surface area contributed by atoms with Crippen molar-refractivity contribution in [3.8, 4) is 0 Å². The summed E-state index contributed by atoms with van der Waals surface area (Å²) in [6.45, 7) is 1.94. The SMILES string of the molecule is CNS(=O)(=O)c1cccc(NC(=O)C2CC23CCNCC3)c1. The molecule has 6 nitrogen and oxygen atoms in total. The number of hydrogen-bond acceptors (Lipinski definition) is 4. The highest BCUT2D eigenvalue weighted by Gasteiger charge is 2.57. The van der Waals surface area contributed by atoms with E-state index in [0.29, 0.717) is 5.69 Å². The first kappa shape index (κ1) is 15.5. The van der Waals surface area contributed by atoms with E-state index in [1.54, 1.807) is 12.1 Å². The van der Waals surface area contributed by atoms with Crippen LogP contribution in [0.4, 0.5) is 5.69 Å². The van der Waals surface area contributed by atoms with Crippen molar-refractivity contribution >= 4 is 21.6 Å². The smallest absolute Gasteiger partial charge is 0.240 e. The van der Waals surface area contributed by atoms with Crippen molar-refractivity contribution in [2.45, 2.75) is 24.2 Å². The molecule has 1 aliphatic carbocycles. The highest BCUT2D eigenvalue weighted by atomic mass is 32.2. The third-order valence-corrected chi connectivity index (χ3v) is 6.20. The molecule has 1 heterocycles. The molecule has 2 aliphatic rings. The van der Waals surface area contributed by atoms with E-state index >= 15 is 0 Å². The van der Waals surface area contributed by atoms with Gasteiger partial charge < -0.3 is 10.6 Å². The fourth-order valence-corrected chi connectivity index (χ4v) is 4.06. The molecule has 120 valence electrons. The standard InChI is InChI=1S/C15H21N3O3S/c1-16-22(20,21)12-4-2-3-11(9-12)18-14(19)13-10-15(13)5-7-17-8-6-15/h2-4,9,13,16-17H,5-8,10H2,1H3,(H,18,19). The summed E-state index contributed by atoms with van der Waals surface area (Å²) in [5.41, 5.74) is 0.696. The number of carbonyl (C=O) groups excluding carboxylic acids is 1. The minimum atomic E-state index is -3.50. The van der Waals surface area contributed by atoms with Gasteiger partial charge in [0, 0.05) is 11.6 Å². The minimum Gasteiger partial charge on any atom is -0.326 e. The largest absolute Gasteiger partial charge is 0.326 e. The molecule has 1 aromatic carbocycles. The summed E-state index contributed by atoms with van der Waals surface area (Å²) in [5.74, 6) is 0.0556. The van der Waals surface area contributed by atoms with Gasteiger partial charge in [0.1, 0.15) is 0 Å². The van der Waals surface area contributed by atoms with E-state index in [0.717, 1.165) is 32.4 Å². The number of carbonyl (C=O) groups is 1. The van der Waals surface area contributed by atoms with Gasteiger partial charge in [-0.1, -0.05) is 6.07 Å². The number of rotatable bonds is 4. The van der Waals surface area contributed by atoms with Gasteiger partial charge in [0.05, 0.1) is 4.90 Å². The second-order valence-corrected chi connectivity index (χ2v) is 7.98. The topological polar surface area (TPSA) is 87.3 Å². The van der Waals surface area contributed by atoms with Gasteiger partial charge in [-0.2, -0.15) is 0 Å². The van der Waals surface area contributed by atoms with Crippen molar-refractivity contribution < 1.29 is 13.2 Å². The fraction of sp³-hybridized carbons (Fsp3) is 0.533. The van der Waals surface area contributed by atoms with Gasteiger partial charge in [-0.15, -0.1) is 0 Å². The highest BCUT2D eigenvalue weighted by Crippen LogP contribution is 2.58. The Balaban J connectivity index is 1.69. The Bertz CT molecular complexity index is 681. The monoisotopic (exact) mass is 323 g/mol. The number of sulfonamides is 1. The summed E-state index contributed by atoms with van der Waals surface area (Å²) in [4.78, 5) is 12.5. The molecule has 3 N–H and O–H groups in total. The maximum atomic E-state index is 12.4. The van der Waals surface area contributed by atoms with Crippen molar-refractivity contribution in [2.75, 3.05) is 25.5 Å². The van der Waals surface area contributed by atoms with Crippen LogP contribution in [0.1, 0.15) is 19.3 Å². The van der Waals surface area contributed by atoms with Gasteiger partial charge in [0.15, 0.2) is 0 Å². The van der Waals surface area contributed by atoms with E-state index < -0.39 is 10.0 Å². The fourth-order valence-electron chi connectivity index (χ4n) is 3.28. The molecule has 1 atom stereocenters. The van der Waals surface area contributed by atoms with Crippen molar-refractivity contribution in [1.29, 1.82) is 0 Å². The molecule has 7 heteroatoms. The van der Waals surface area contributed by atoms with Crippen molar-refractivity contribution in [2.24, 2.45) is 11.3 Å². The van der Waals surface area contributed by atoms with Crippen LogP contribution in [0.3, 0.4) is 0 Å². The average Bonchev–Trinajstić information content (AvgIpc) is 3.21. The molecule has 1 aliphatic heterocycles. The molecular formula is C15H21N3O3S. The lowest BCUT2D eigenvalue weighted by Crippen LogP contribution is -2.31. The molecule has 1 saturated heterocycles. The molecule has 2 fully saturated rings. The first-order valence-electron chi connectivity index (χ1n) is 7.52. The van der Waals surface area contributed by atoms with Crippen LogP contribution < -0.4 is 15.4 Å². The Morgan fingerprint density at radius 2 is 2.05 bits per heavy atom. The Labute approximate surface area is 130 Å². The molecule has 1 aromatic rings. The van der Waals surface area contributed by atoms with Crippen LogP contribution in [0, 0.1) is 11.3 Å². The molecule has 1 spiro atoms. The Hall–Kier alpha value is -1.44. The van der Waals surface area contributed by atoms with Crippen LogP contribution in [-0.2, 0) is 14.8 Å². The maximum Gasteiger partial charge on any atom is 0.240 e. The predicted molar refractivity (Wildman–Crippen MR) is 84.0 cm³/mol. The molecular weight excluding hydrogens is 302 g/mol. The average molecular weight is 323 g/mol. The molecule has 1 unspecified atom stereocenters. The number of benzene rings is 1. The Morgan fingerprint density at radius 3 is 2.73 bits per heavy atom. The maximum absolute atomic E-state index is 12.4. The van der Waals surface area contributed by atoms with Crippen LogP contribution in [0.2, 0.25) is 0 Å². The normalized spacial score (nSPS) is 23.2. The molecule has 1 amide bonds. The number of nitrogens with one attached hydrogen (secondary N) is 3. The first-order valence-corrected chi connectivity index (χ1v) is 9.00. The second kappa shape index (κ2) is 5.64. The zero-order valence-electron chi connectivity index (χ0n) is 12.6. The molecule has 0 aromatic heterocycles. The quantitative estimate of drug-likeness (QED) is 0.769.